The van der Waals surface area contributed by atoms with Gasteiger partial charge < -0.3 is 25.5 Å². The second kappa shape index (κ2) is 14.5. The zero-order valence-corrected chi connectivity index (χ0v) is 12.5. The van der Waals surface area contributed by atoms with E-state index in [1.165, 1.54) is 0 Å². The first-order chi connectivity index (χ1) is 10.6. The van der Waals surface area contributed by atoms with Gasteiger partial charge in [-0.25, -0.2) is 24.0 Å². The summed E-state index contributed by atoms with van der Waals surface area (Å²) in [4.78, 5) is 47.5. The summed E-state index contributed by atoms with van der Waals surface area (Å²) in [6, 6.07) is 8.30. The van der Waals surface area contributed by atoms with E-state index >= 15 is 0 Å². The normalized spacial score (nSPS) is 8.33. The molecule has 0 amide bonds. The molecule has 0 radical (unpaired) electrons. The van der Waals surface area contributed by atoms with E-state index in [0.717, 1.165) is 0 Å². The van der Waals surface area contributed by atoms with E-state index in [1.807, 2.05) is 0 Å². The van der Waals surface area contributed by atoms with Crippen molar-refractivity contribution in [2.75, 3.05) is 0 Å². The predicted molar refractivity (Wildman–Crippen MR) is 80.3 cm³/mol. The highest BCUT2D eigenvalue weighted by Gasteiger charge is 2.04. The van der Waals surface area contributed by atoms with Crippen molar-refractivity contribution in [2.24, 2.45) is 0 Å². The molecule has 1 aromatic carbocycles. The molecule has 0 aromatic heterocycles. The highest BCUT2D eigenvalue weighted by atomic mass is 35.5. The molecule has 5 N–H and O–H groups in total. The smallest absolute Gasteiger partial charge is 0.414 e. The van der Waals surface area contributed by atoms with Crippen LogP contribution < -0.4 is 0 Å². The van der Waals surface area contributed by atoms with Crippen molar-refractivity contribution < 1.29 is 49.5 Å². The van der Waals surface area contributed by atoms with Gasteiger partial charge in [-0.15, -0.1) is 12.4 Å². The third kappa shape index (κ3) is 18.6. The fraction of sp³-hybridized carbons (Fsp3) is 0. The van der Waals surface area contributed by atoms with E-state index in [1.54, 1.807) is 30.3 Å². The summed E-state index contributed by atoms with van der Waals surface area (Å²) >= 11 is 0. The Morgan fingerprint density at radius 2 is 1.00 bits per heavy atom. The molecule has 1 aromatic rings. The highest BCUT2D eigenvalue weighted by Crippen LogP contribution is 1.96. The topological polar surface area (TPSA) is 186 Å². The van der Waals surface area contributed by atoms with Gasteiger partial charge in [-0.05, 0) is 12.1 Å². The quantitative estimate of drug-likeness (QED) is 0.376. The summed E-state index contributed by atoms with van der Waals surface area (Å²) in [6.07, 6.45) is 1.12. The Bertz CT molecular complexity index is 566. The molecule has 0 saturated carbocycles. The number of aliphatic carboxylic acids is 4. The van der Waals surface area contributed by atoms with E-state index < -0.39 is 29.8 Å². The number of carboxylic acids is 5. The van der Waals surface area contributed by atoms with Gasteiger partial charge in [0.2, 0.25) is 0 Å². The number of benzene rings is 1. The largest absolute Gasteiger partial charge is 0.478 e. The van der Waals surface area contributed by atoms with Crippen LogP contribution in [0.2, 0.25) is 0 Å². The summed E-state index contributed by atoms with van der Waals surface area (Å²) in [5.74, 6) is -7.04. The molecule has 0 fully saturated rings. The van der Waals surface area contributed by atoms with Gasteiger partial charge in [0.05, 0.1) is 5.56 Å². The van der Waals surface area contributed by atoms with Crippen molar-refractivity contribution in [3.63, 3.8) is 0 Å². The first-order valence-electron chi connectivity index (χ1n) is 5.46. The second-order valence-corrected chi connectivity index (χ2v) is 3.29. The van der Waals surface area contributed by atoms with Crippen LogP contribution in [0.25, 0.3) is 0 Å². The number of aromatic carboxylic acids is 1. The number of hydrogen-bond donors (Lipinski definition) is 5. The zero-order chi connectivity index (χ0) is 18.4. The monoisotopic (exact) mass is 364 g/mol. The fourth-order valence-electron chi connectivity index (χ4n) is 0.723. The standard InChI is InChI=1S/C7H6O2.C4H4O4.C2H2O4.ClH/c8-7(9)6-4-2-1-3-5-6;5-3(6)1-2-4(7)8;3-1(4)2(5)6;/h1-5H,(H,8,9);1-2H,(H,5,6)(H,7,8);(H,3,4)(H,5,6);1H/b;2-1-;;. The number of rotatable bonds is 3. The summed E-state index contributed by atoms with van der Waals surface area (Å²) in [5, 5.41) is 38.8. The molecule has 24 heavy (non-hydrogen) atoms. The van der Waals surface area contributed by atoms with Crippen molar-refractivity contribution in [3.8, 4) is 0 Å². The molecule has 0 bridgehead atoms. The minimum absolute atomic E-state index is 0. The maximum atomic E-state index is 10.2. The minimum atomic E-state index is -1.82. The van der Waals surface area contributed by atoms with Crippen LogP contribution in [0.15, 0.2) is 42.5 Å². The van der Waals surface area contributed by atoms with Crippen LogP contribution in [-0.4, -0.2) is 55.4 Å². The lowest BCUT2D eigenvalue weighted by atomic mass is 10.2. The van der Waals surface area contributed by atoms with Crippen molar-refractivity contribution in [3.05, 3.63) is 48.0 Å². The first-order valence-corrected chi connectivity index (χ1v) is 5.46. The fourth-order valence-corrected chi connectivity index (χ4v) is 0.723. The third-order valence-corrected chi connectivity index (χ3v) is 1.57. The van der Waals surface area contributed by atoms with Gasteiger partial charge in [0, 0.05) is 12.2 Å². The lowest BCUT2D eigenvalue weighted by Crippen LogP contribution is -2.09. The van der Waals surface area contributed by atoms with Crippen LogP contribution in [0.4, 0.5) is 0 Å². The molecule has 132 valence electrons. The second-order valence-electron chi connectivity index (χ2n) is 3.29. The molecular weight excluding hydrogens is 352 g/mol. The van der Waals surface area contributed by atoms with E-state index in [-0.39, 0.29) is 12.4 Å². The Morgan fingerprint density at radius 1 is 0.667 bits per heavy atom. The maximum Gasteiger partial charge on any atom is 0.414 e. The summed E-state index contributed by atoms with van der Waals surface area (Å²) < 4.78 is 0. The van der Waals surface area contributed by atoms with Gasteiger partial charge in [-0.3, -0.25) is 0 Å². The van der Waals surface area contributed by atoms with Crippen molar-refractivity contribution in [1.82, 2.24) is 0 Å². The van der Waals surface area contributed by atoms with Crippen LogP contribution in [0.5, 0.6) is 0 Å². The average Bonchev–Trinajstić information content (AvgIpc) is 2.47. The Balaban J connectivity index is -0.000000276. The molecule has 0 aliphatic carbocycles. The molecule has 10 nitrogen and oxygen atoms in total. The molecule has 0 aliphatic heterocycles. The Morgan fingerprint density at radius 3 is 1.17 bits per heavy atom. The molecule has 1 rings (SSSR count). The Labute approximate surface area is 140 Å². The summed E-state index contributed by atoms with van der Waals surface area (Å²) in [5.41, 5.74) is 0.331. The van der Waals surface area contributed by atoms with Gasteiger partial charge in [-0.1, -0.05) is 18.2 Å². The van der Waals surface area contributed by atoms with Crippen LogP contribution in [-0.2, 0) is 19.2 Å². The van der Waals surface area contributed by atoms with Gasteiger partial charge in [0.25, 0.3) is 0 Å². The SMILES string of the molecule is Cl.O=C(O)/C=C\C(=O)O.O=C(O)C(=O)O.O=C(O)c1ccccc1. The van der Waals surface area contributed by atoms with Gasteiger partial charge in [0.15, 0.2) is 0 Å². The maximum absolute atomic E-state index is 10.2. The molecule has 0 heterocycles. The van der Waals surface area contributed by atoms with Crippen molar-refractivity contribution in [2.45, 2.75) is 0 Å². The molecule has 0 unspecified atom stereocenters. The third-order valence-electron chi connectivity index (χ3n) is 1.57. The van der Waals surface area contributed by atoms with Gasteiger partial charge in [0.1, 0.15) is 0 Å². The minimum Gasteiger partial charge on any atom is -0.478 e. The summed E-state index contributed by atoms with van der Waals surface area (Å²) in [6.45, 7) is 0. The predicted octanol–water partition coefficient (Wildman–Crippen LogP) is 0.674. The van der Waals surface area contributed by atoms with E-state index in [9.17, 15) is 14.4 Å². The summed E-state index contributed by atoms with van der Waals surface area (Å²) in [7, 11) is 0. The van der Waals surface area contributed by atoms with Crippen LogP contribution >= 0.6 is 12.4 Å². The number of carbonyl (C=O) groups is 5. The lowest BCUT2D eigenvalue weighted by molar-refractivity contribution is -0.159. The highest BCUT2D eigenvalue weighted by molar-refractivity contribution is 6.27. The van der Waals surface area contributed by atoms with E-state index in [4.69, 9.17) is 35.1 Å². The molecule has 0 saturated heterocycles. The van der Waals surface area contributed by atoms with Crippen LogP contribution in [0.3, 0.4) is 0 Å². The van der Waals surface area contributed by atoms with Crippen LogP contribution in [0, 0.1) is 0 Å². The first kappa shape index (κ1) is 25.5. The zero-order valence-electron chi connectivity index (χ0n) is 11.7. The molecule has 0 atom stereocenters. The molecule has 0 aliphatic rings. The average molecular weight is 365 g/mol. The Hall–Kier alpha value is -3.40. The molecule has 0 spiro atoms. The van der Waals surface area contributed by atoms with E-state index in [2.05, 4.69) is 0 Å². The Kier molecular flexibility index (Phi) is 15.5. The number of halogens is 1. The molecular formula is C13H13ClO10. The van der Waals surface area contributed by atoms with E-state index in [0.29, 0.717) is 17.7 Å². The number of carboxylic acid groups (broad SMARTS) is 5. The van der Waals surface area contributed by atoms with Gasteiger partial charge >= 0.3 is 29.8 Å². The van der Waals surface area contributed by atoms with Crippen molar-refractivity contribution >= 4 is 42.3 Å². The number of hydrogen-bond acceptors (Lipinski definition) is 5. The van der Waals surface area contributed by atoms with Gasteiger partial charge in [-0.2, -0.15) is 0 Å². The molecule has 11 heteroatoms. The van der Waals surface area contributed by atoms with Crippen molar-refractivity contribution in [1.29, 1.82) is 0 Å². The lowest BCUT2D eigenvalue weighted by Gasteiger charge is -1.88. The van der Waals surface area contributed by atoms with Crippen LogP contribution in [0.1, 0.15) is 10.4 Å².